The minimum atomic E-state index is -0.585. The fraction of sp³-hybridized carbons (Fsp3) is 0.167. The van der Waals surface area contributed by atoms with Gasteiger partial charge < -0.3 is 5.73 Å². The summed E-state index contributed by atoms with van der Waals surface area (Å²) in [6.45, 7) is 2.45. The van der Waals surface area contributed by atoms with E-state index < -0.39 is 5.82 Å². The van der Waals surface area contributed by atoms with Crippen LogP contribution in [0, 0.1) is 5.82 Å². The van der Waals surface area contributed by atoms with Gasteiger partial charge in [-0.15, -0.1) is 0 Å². The molecule has 0 saturated heterocycles. The van der Waals surface area contributed by atoms with E-state index in [0.29, 0.717) is 12.2 Å². The van der Waals surface area contributed by atoms with Gasteiger partial charge in [-0.05, 0) is 25.1 Å². The zero-order valence-corrected chi connectivity index (χ0v) is 9.35. The van der Waals surface area contributed by atoms with Crippen molar-refractivity contribution in [3.63, 3.8) is 0 Å². The molecule has 5 heteroatoms. The number of hydrogen-bond donors (Lipinski definition) is 1. The first kappa shape index (κ1) is 11.3. The molecule has 0 radical (unpaired) electrons. The highest BCUT2D eigenvalue weighted by molar-refractivity contribution is 6.11. The zero-order chi connectivity index (χ0) is 12.4. The minimum absolute atomic E-state index is 0.124. The second kappa shape index (κ2) is 4.37. The molecule has 0 unspecified atom stereocenters. The van der Waals surface area contributed by atoms with Crippen molar-refractivity contribution in [2.24, 2.45) is 0 Å². The summed E-state index contributed by atoms with van der Waals surface area (Å²) in [6, 6.07) is 5.79. The third-order valence-electron chi connectivity index (χ3n) is 2.55. The highest BCUT2D eigenvalue weighted by atomic mass is 19.1. The maximum absolute atomic E-state index is 13.3. The molecule has 0 aliphatic heterocycles. The maximum atomic E-state index is 13.3. The first-order valence-corrected chi connectivity index (χ1v) is 5.25. The molecule has 0 bridgehead atoms. The highest BCUT2D eigenvalue weighted by Crippen LogP contribution is 2.19. The molecule has 1 aromatic carbocycles. The number of carbonyl (C=O) groups is 1. The Morgan fingerprint density at radius 2 is 2.24 bits per heavy atom. The van der Waals surface area contributed by atoms with Crippen molar-refractivity contribution in [1.82, 2.24) is 9.78 Å². The van der Waals surface area contributed by atoms with Gasteiger partial charge in [0.25, 0.3) is 0 Å². The third kappa shape index (κ3) is 1.91. The van der Waals surface area contributed by atoms with Crippen LogP contribution in [0.4, 0.5) is 10.1 Å². The van der Waals surface area contributed by atoms with Crippen LogP contribution in [-0.2, 0) is 6.54 Å². The Labute approximate surface area is 97.9 Å². The number of para-hydroxylation sites is 1. The number of aromatic nitrogens is 2. The van der Waals surface area contributed by atoms with Crippen LogP contribution >= 0.6 is 0 Å². The summed E-state index contributed by atoms with van der Waals surface area (Å²) in [5, 5.41) is 3.99. The van der Waals surface area contributed by atoms with Gasteiger partial charge in [-0.3, -0.25) is 9.48 Å². The molecule has 17 heavy (non-hydrogen) atoms. The number of hydrogen-bond acceptors (Lipinski definition) is 3. The quantitative estimate of drug-likeness (QED) is 0.650. The number of nitrogen functional groups attached to an aromatic ring is 1. The Morgan fingerprint density at radius 1 is 1.47 bits per heavy atom. The molecular weight excluding hydrogens is 221 g/mol. The molecule has 0 atom stereocenters. The number of nitrogens with two attached hydrogens (primary N) is 1. The van der Waals surface area contributed by atoms with Gasteiger partial charge in [0.05, 0.1) is 11.3 Å². The fourth-order valence-electron chi connectivity index (χ4n) is 1.65. The van der Waals surface area contributed by atoms with Crippen molar-refractivity contribution in [3.05, 3.63) is 47.5 Å². The molecule has 2 N–H and O–H groups in total. The van der Waals surface area contributed by atoms with Gasteiger partial charge in [0.2, 0.25) is 5.78 Å². The molecule has 0 amide bonds. The molecule has 2 rings (SSSR count). The Kier molecular flexibility index (Phi) is 2.91. The van der Waals surface area contributed by atoms with E-state index in [0.717, 1.165) is 0 Å². The summed E-state index contributed by atoms with van der Waals surface area (Å²) >= 11 is 0. The van der Waals surface area contributed by atoms with Crippen molar-refractivity contribution < 1.29 is 9.18 Å². The Balaban J connectivity index is 2.48. The lowest BCUT2D eigenvalue weighted by Gasteiger charge is -2.06. The summed E-state index contributed by atoms with van der Waals surface area (Å²) in [5.41, 5.74) is 6.01. The molecule has 0 aliphatic rings. The van der Waals surface area contributed by atoms with E-state index in [-0.39, 0.29) is 17.0 Å². The van der Waals surface area contributed by atoms with Crippen molar-refractivity contribution in [2.75, 3.05) is 5.73 Å². The second-order valence-electron chi connectivity index (χ2n) is 3.56. The predicted octanol–water partition coefficient (Wildman–Crippen LogP) is 1.86. The molecule has 1 heterocycles. The third-order valence-corrected chi connectivity index (χ3v) is 2.55. The molecule has 0 spiro atoms. The average Bonchev–Trinajstić information content (AvgIpc) is 2.80. The lowest BCUT2D eigenvalue weighted by atomic mass is 10.1. The fourth-order valence-corrected chi connectivity index (χ4v) is 1.65. The van der Waals surface area contributed by atoms with Gasteiger partial charge in [0.1, 0.15) is 11.5 Å². The lowest BCUT2D eigenvalue weighted by Crippen LogP contribution is -2.12. The van der Waals surface area contributed by atoms with Crippen LogP contribution in [0.1, 0.15) is 23.0 Å². The van der Waals surface area contributed by atoms with E-state index >= 15 is 0 Å². The van der Waals surface area contributed by atoms with Crippen LogP contribution in [0.2, 0.25) is 0 Å². The van der Waals surface area contributed by atoms with Crippen LogP contribution in [0.25, 0.3) is 0 Å². The normalized spacial score (nSPS) is 10.5. The summed E-state index contributed by atoms with van der Waals surface area (Å²) in [6.07, 6.45) is 1.53. The molecule has 0 fully saturated rings. The largest absolute Gasteiger partial charge is 0.396 e. The number of aryl methyl sites for hydroxylation is 1. The molecule has 1 aromatic heterocycles. The standard InChI is InChI=1S/C12H12FN3O/c1-2-16-10(6-7-15-16)12(17)8-4-3-5-9(13)11(8)14/h3-7H,2,14H2,1H3. The summed E-state index contributed by atoms with van der Waals surface area (Å²) in [5.74, 6) is -0.903. The number of rotatable bonds is 3. The van der Waals surface area contributed by atoms with Crippen LogP contribution in [0.3, 0.4) is 0 Å². The van der Waals surface area contributed by atoms with Crippen LogP contribution in [0.5, 0.6) is 0 Å². The highest BCUT2D eigenvalue weighted by Gasteiger charge is 2.17. The van der Waals surface area contributed by atoms with Gasteiger partial charge in [-0.1, -0.05) is 6.07 Å². The minimum Gasteiger partial charge on any atom is -0.396 e. The molecule has 0 saturated carbocycles. The number of nitrogens with zero attached hydrogens (tertiary/aromatic N) is 2. The molecule has 2 aromatic rings. The first-order valence-electron chi connectivity index (χ1n) is 5.25. The molecule has 4 nitrogen and oxygen atoms in total. The molecular formula is C12H12FN3O. The van der Waals surface area contributed by atoms with E-state index in [2.05, 4.69) is 5.10 Å². The summed E-state index contributed by atoms with van der Waals surface area (Å²) in [7, 11) is 0. The summed E-state index contributed by atoms with van der Waals surface area (Å²) < 4.78 is 14.8. The van der Waals surface area contributed by atoms with Crippen molar-refractivity contribution >= 4 is 11.5 Å². The van der Waals surface area contributed by atoms with Crippen molar-refractivity contribution in [1.29, 1.82) is 0 Å². The van der Waals surface area contributed by atoms with Crippen molar-refractivity contribution in [3.8, 4) is 0 Å². The SMILES string of the molecule is CCn1nccc1C(=O)c1cccc(F)c1N. The van der Waals surface area contributed by atoms with Crippen molar-refractivity contribution in [2.45, 2.75) is 13.5 Å². The lowest BCUT2D eigenvalue weighted by molar-refractivity contribution is 0.102. The van der Waals surface area contributed by atoms with Gasteiger partial charge in [0, 0.05) is 12.7 Å². The number of halogens is 1. The van der Waals surface area contributed by atoms with Crippen LogP contribution in [0.15, 0.2) is 30.5 Å². The average molecular weight is 233 g/mol. The number of carbonyl (C=O) groups excluding carboxylic acids is 1. The Hall–Kier alpha value is -2.17. The number of anilines is 1. The van der Waals surface area contributed by atoms with E-state index in [9.17, 15) is 9.18 Å². The van der Waals surface area contributed by atoms with Gasteiger partial charge in [0.15, 0.2) is 0 Å². The zero-order valence-electron chi connectivity index (χ0n) is 9.35. The summed E-state index contributed by atoms with van der Waals surface area (Å²) in [4.78, 5) is 12.2. The first-order chi connectivity index (χ1) is 8.15. The number of benzene rings is 1. The van der Waals surface area contributed by atoms with E-state index in [1.54, 1.807) is 10.7 Å². The van der Waals surface area contributed by atoms with Gasteiger partial charge in [-0.25, -0.2) is 4.39 Å². The predicted molar refractivity (Wildman–Crippen MR) is 62.1 cm³/mol. The Morgan fingerprint density at radius 3 is 2.94 bits per heavy atom. The van der Waals surface area contributed by atoms with Crippen LogP contribution in [-0.4, -0.2) is 15.6 Å². The molecule has 88 valence electrons. The second-order valence-corrected chi connectivity index (χ2v) is 3.56. The molecule has 0 aliphatic carbocycles. The Bertz CT molecular complexity index is 563. The van der Waals surface area contributed by atoms with Gasteiger partial charge in [-0.2, -0.15) is 5.10 Å². The van der Waals surface area contributed by atoms with Gasteiger partial charge >= 0.3 is 0 Å². The monoisotopic (exact) mass is 233 g/mol. The van der Waals surface area contributed by atoms with E-state index in [1.165, 1.54) is 24.4 Å². The topological polar surface area (TPSA) is 60.9 Å². The smallest absolute Gasteiger partial charge is 0.213 e. The maximum Gasteiger partial charge on any atom is 0.213 e. The van der Waals surface area contributed by atoms with E-state index in [1.807, 2.05) is 6.92 Å². The van der Waals surface area contributed by atoms with Crippen LogP contribution < -0.4 is 5.73 Å². The van der Waals surface area contributed by atoms with E-state index in [4.69, 9.17) is 5.73 Å². The number of ketones is 1.